The summed E-state index contributed by atoms with van der Waals surface area (Å²) in [7, 11) is -3.97. The van der Waals surface area contributed by atoms with Gasteiger partial charge in [-0.1, -0.05) is 54.1 Å². The molecular weight excluding hydrogens is 454 g/mol. The molecule has 0 amide bonds. The molecule has 2 aliphatic rings. The maximum absolute atomic E-state index is 13.7. The van der Waals surface area contributed by atoms with Crippen molar-refractivity contribution in [3.05, 3.63) is 77.3 Å². The van der Waals surface area contributed by atoms with E-state index in [2.05, 4.69) is 0 Å². The Morgan fingerprint density at radius 2 is 1.74 bits per heavy atom. The molecule has 0 radical (unpaired) electrons. The molecule has 1 saturated carbocycles. The number of halogens is 1. The Kier molecular flexibility index (Phi) is 4.79. The molecule has 0 spiro atoms. The molecular formula is C23H20ClNO4S2. The first-order chi connectivity index (χ1) is 14.8. The monoisotopic (exact) mass is 473 g/mol. The molecule has 1 aliphatic heterocycles. The van der Waals surface area contributed by atoms with Gasteiger partial charge in [0.25, 0.3) is 10.0 Å². The quantitative estimate of drug-likeness (QED) is 0.564. The molecule has 3 aromatic rings. The van der Waals surface area contributed by atoms with Crippen LogP contribution in [0.25, 0.3) is 10.4 Å². The lowest BCUT2D eigenvalue weighted by atomic mass is 9.83. The Bertz CT molecular complexity index is 1260. The van der Waals surface area contributed by atoms with Gasteiger partial charge >= 0.3 is 5.97 Å². The molecule has 2 atom stereocenters. The van der Waals surface area contributed by atoms with E-state index in [1.165, 1.54) is 4.31 Å². The number of aliphatic carboxylic acids is 1. The topological polar surface area (TPSA) is 74.7 Å². The highest BCUT2D eigenvalue weighted by Gasteiger charge is 2.79. The summed E-state index contributed by atoms with van der Waals surface area (Å²) >= 11 is 7.11. The molecule has 2 heterocycles. The second kappa shape index (κ2) is 7.17. The number of benzene rings is 2. The second-order valence-electron chi connectivity index (χ2n) is 8.10. The Labute approximate surface area is 190 Å². The van der Waals surface area contributed by atoms with Crippen molar-refractivity contribution in [1.29, 1.82) is 0 Å². The number of hydrogen-bond acceptors (Lipinski definition) is 4. The van der Waals surface area contributed by atoms with E-state index < -0.39 is 26.9 Å². The number of carboxylic acids is 1. The van der Waals surface area contributed by atoms with Gasteiger partial charge < -0.3 is 5.11 Å². The van der Waals surface area contributed by atoms with Gasteiger partial charge in [0.15, 0.2) is 0 Å². The number of fused-ring (bicyclic) bond motifs is 1. The van der Waals surface area contributed by atoms with Gasteiger partial charge in [-0.2, -0.15) is 4.31 Å². The van der Waals surface area contributed by atoms with Gasteiger partial charge in [-0.25, -0.2) is 8.42 Å². The van der Waals surface area contributed by atoms with Crippen LogP contribution >= 0.6 is 22.9 Å². The Morgan fingerprint density at radius 3 is 2.42 bits per heavy atom. The largest absolute Gasteiger partial charge is 0.480 e. The minimum atomic E-state index is -3.97. The van der Waals surface area contributed by atoms with Crippen LogP contribution in [0.5, 0.6) is 0 Å². The van der Waals surface area contributed by atoms with Crippen molar-refractivity contribution >= 4 is 38.9 Å². The Morgan fingerprint density at radius 1 is 1.03 bits per heavy atom. The van der Waals surface area contributed by atoms with Crippen LogP contribution in [0.2, 0.25) is 5.02 Å². The van der Waals surface area contributed by atoms with Crippen LogP contribution < -0.4 is 0 Å². The van der Waals surface area contributed by atoms with Gasteiger partial charge in [-0.05, 0) is 54.7 Å². The number of sulfonamides is 1. The third kappa shape index (κ3) is 2.98. The minimum Gasteiger partial charge on any atom is -0.480 e. The molecule has 2 aromatic carbocycles. The Balaban J connectivity index is 1.55. The lowest BCUT2D eigenvalue weighted by Gasteiger charge is -2.37. The summed E-state index contributed by atoms with van der Waals surface area (Å²) < 4.78 is 28.7. The van der Waals surface area contributed by atoms with Gasteiger partial charge in [-0.3, -0.25) is 4.79 Å². The van der Waals surface area contributed by atoms with Crippen molar-refractivity contribution in [3.63, 3.8) is 0 Å². The molecule has 5 rings (SSSR count). The smallest absolute Gasteiger partial charge is 0.326 e. The van der Waals surface area contributed by atoms with Gasteiger partial charge in [0.05, 0.1) is 0 Å². The molecule has 1 N–H and O–H groups in total. The van der Waals surface area contributed by atoms with Gasteiger partial charge in [0.1, 0.15) is 9.75 Å². The third-order valence-corrected chi connectivity index (χ3v) is 10.3. The summed E-state index contributed by atoms with van der Waals surface area (Å²) in [5.41, 5.74) is -0.352. The highest BCUT2D eigenvalue weighted by atomic mass is 35.5. The number of piperidine rings is 1. The summed E-state index contributed by atoms with van der Waals surface area (Å²) in [6.45, 7) is 0.206. The summed E-state index contributed by atoms with van der Waals surface area (Å²) in [6.07, 6.45) is 1.59. The maximum Gasteiger partial charge on any atom is 0.326 e. The number of nitrogens with zero attached hydrogens (tertiary/aromatic N) is 1. The number of hydrogen-bond donors (Lipinski definition) is 1. The third-order valence-electron chi connectivity index (χ3n) is 6.55. The lowest BCUT2D eigenvalue weighted by Crippen LogP contribution is -2.54. The first-order valence-electron chi connectivity index (χ1n) is 9.99. The zero-order chi connectivity index (χ0) is 21.9. The van der Waals surface area contributed by atoms with Crippen LogP contribution in [0.4, 0.5) is 0 Å². The van der Waals surface area contributed by atoms with Gasteiger partial charge in [-0.15, -0.1) is 11.3 Å². The Hall–Kier alpha value is -2.19. The fraction of sp³-hybridized carbons (Fsp3) is 0.261. The zero-order valence-corrected chi connectivity index (χ0v) is 18.9. The highest BCUT2D eigenvalue weighted by Crippen LogP contribution is 2.67. The van der Waals surface area contributed by atoms with Crippen LogP contribution in [0.3, 0.4) is 0 Å². The average molecular weight is 474 g/mol. The minimum absolute atomic E-state index is 0.161. The molecule has 0 unspecified atom stereocenters. The van der Waals surface area contributed by atoms with Crippen molar-refractivity contribution in [1.82, 2.24) is 4.31 Å². The van der Waals surface area contributed by atoms with E-state index >= 15 is 0 Å². The van der Waals surface area contributed by atoms with E-state index in [0.29, 0.717) is 24.3 Å². The van der Waals surface area contributed by atoms with E-state index in [-0.39, 0.29) is 10.8 Å². The van der Waals surface area contributed by atoms with E-state index in [1.807, 2.05) is 42.5 Å². The molecule has 1 aliphatic carbocycles. The molecule has 0 bridgehead atoms. The van der Waals surface area contributed by atoms with Crippen molar-refractivity contribution < 1.29 is 18.3 Å². The summed E-state index contributed by atoms with van der Waals surface area (Å²) in [5.74, 6) is -1.07. The van der Waals surface area contributed by atoms with Crippen molar-refractivity contribution in [2.75, 3.05) is 6.54 Å². The standard InChI is InChI=1S/C23H20ClNO4S2/c24-18-9-7-16(8-10-18)19-11-12-20(30-19)31(28,29)25-14-4-13-22(15-23(22,25)21(26)27)17-5-2-1-3-6-17/h1-3,5-12H,4,13-15H2,(H,26,27)/t22-,23-/m0/s1. The van der Waals surface area contributed by atoms with Crippen LogP contribution in [0, 0.1) is 0 Å². The second-order valence-corrected chi connectivity index (χ2v) is 11.7. The van der Waals surface area contributed by atoms with Crippen molar-refractivity contribution in [2.24, 2.45) is 0 Å². The van der Waals surface area contributed by atoms with Crippen LogP contribution in [0.15, 0.2) is 70.9 Å². The zero-order valence-electron chi connectivity index (χ0n) is 16.5. The number of carboxylic acid groups (broad SMARTS) is 1. The van der Waals surface area contributed by atoms with Crippen molar-refractivity contribution in [3.8, 4) is 10.4 Å². The first-order valence-corrected chi connectivity index (χ1v) is 12.6. The van der Waals surface area contributed by atoms with Crippen LogP contribution in [0.1, 0.15) is 24.8 Å². The molecule has 160 valence electrons. The number of rotatable bonds is 5. The first kappa shape index (κ1) is 20.7. The SMILES string of the molecule is O=C(O)[C@@]12C[C@]1(c1ccccc1)CCCN2S(=O)(=O)c1ccc(-c2ccc(Cl)cc2)s1. The fourth-order valence-electron chi connectivity index (χ4n) is 5.02. The lowest BCUT2D eigenvalue weighted by molar-refractivity contribution is -0.144. The van der Waals surface area contributed by atoms with E-state index in [9.17, 15) is 18.3 Å². The van der Waals surface area contributed by atoms with Crippen LogP contribution in [-0.4, -0.2) is 35.9 Å². The summed E-state index contributed by atoms with van der Waals surface area (Å²) in [6, 6.07) is 20.0. The molecule has 31 heavy (non-hydrogen) atoms. The fourth-order valence-corrected chi connectivity index (χ4v) is 8.40. The van der Waals surface area contributed by atoms with E-state index in [1.54, 1.807) is 24.3 Å². The highest BCUT2D eigenvalue weighted by molar-refractivity contribution is 7.91. The van der Waals surface area contributed by atoms with Gasteiger partial charge in [0.2, 0.25) is 0 Å². The normalized spacial score (nSPS) is 25.7. The maximum atomic E-state index is 13.7. The summed E-state index contributed by atoms with van der Waals surface area (Å²) in [5, 5.41) is 10.8. The van der Waals surface area contributed by atoms with Crippen LogP contribution in [-0.2, 0) is 20.2 Å². The average Bonchev–Trinajstić information content (AvgIpc) is 3.26. The van der Waals surface area contributed by atoms with E-state index in [4.69, 9.17) is 11.6 Å². The predicted octanol–water partition coefficient (Wildman–Crippen LogP) is 5.02. The molecule has 5 nitrogen and oxygen atoms in total. The van der Waals surface area contributed by atoms with E-state index in [0.717, 1.165) is 27.3 Å². The number of carbonyl (C=O) groups is 1. The van der Waals surface area contributed by atoms with Crippen molar-refractivity contribution in [2.45, 2.75) is 34.4 Å². The summed E-state index contributed by atoms with van der Waals surface area (Å²) in [4.78, 5) is 13.3. The van der Waals surface area contributed by atoms with Gasteiger partial charge in [0, 0.05) is 21.9 Å². The molecule has 2 fully saturated rings. The molecule has 8 heteroatoms. The molecule has 1 aromatic heterocycles. The number of thiophene rings is 1. The molecule has 1 saturated heterocycles. The predicted molar refractivity (Wildman–Crippen MR) is 121 cm³/mol.